The van der Waals surface area contributed by atoms with Gasteiger partial charge >= 0.3 is 0 Å². The number of aliphatic hydroxyl groups is 1. The van der Waals surface area contributed by atoms with Crippen LogP contribution in [0.2, 0.25) is 0 Å². The van der Waals surface area contributed by atoms with E-state index in [2.05, 4.69) is 17.6 Å². The molecule has 0 radical (unpaired) electrons. The van der Waals surface area contributed by atoms with Crippen molar-refractivity contribution >= 4 is 21.8 Å². The molecule has 0 aliphatic heterocycles. The van der Waals surface area contributed by atoms with Crippen LogP contribution >= 0.6 is 0 Å². The van der Waals surface area contributed by atoms with Crippen LogP contribution in [-0.2, 0) is 29.4 Å². The molecule has 3 rings (SSSR count). The van der Waals surface area contributed by atoms with E-state index in [1.54, 1.807) is 11.8 Å². The Labute approximate surface area is 283 Å². The molecule has 0 spiro atoms. The van der Waals surface area contributed by atoms with Crippen LogP contribution in [0.4, 0.5) is 8.78 Å². The lowest BCUT2D eigenvalue weighted by Crippen LogP contribution is -2.48. The first-order chi connectivity index (χ1) is 22.8. The third kappa shape index (κ3) is 10.6. The van der Waals surface area contributed by atoms with E-state index in [0.29, 0.717) is 32.5 Å². The van der Waals surface area contributed by atoms with Gasteiger partial charge in [-0.15, -0.1) is 0 Å². The average Bonchev–Trinajstić information content (AvgIpc) is 3.06. The van der Waals surface area contributed by atoms with Crippen LogP contribution in [0.1, 0.15) is 77.9 Å². The van der Waals surface area contributed by atoms with E-state index in [-0.39, 0.29) is 41.1 Å². The fourth-order valence-corrected chi connectivity index (χ4v) is 6.63. The number of nitrogens with one attached hydrogen (secondary N) is 2. The smallest absolute Gasteiger partial charge is 0.253 e. The summed E-state index contributed by atoms with van der Waals surface area (Å²) in [6, 6.07) is 13.7. The number of halogens is 2. The molecule has 3 aromatic rings. The summed E-state index contributed by atoms with van der Waals surface area (Å²) in [5.41, 5.74) is 2.30. The highest BCUT2D eigenvalue weighted by Gasteiger charge is 2.28. The Morgan fingerprint density at radius 3 is 2.08 bits per heavy atom. The quantitative estimate of drug-likeness (QED) is 0.175. The van der Waals surface area contributed by atoms with Gasteiger partial charge in [0.1, 0.15) is 11.6 Å². The summed E-state index contributed by atoms with van der Waals surface area (Å²) in [7, 11) is -2.66. The number of amides is 2. The molecule has 0 aromatic heterocycles. The van der Waals surface area contributed by atoms with E-state index in [4.69, 9.17) is 0 Å². The van der Waals surface area contributed by atoms with Gasteiger partial charge in [0, 0.05) is 57.0 Å². The lowest BCUT2D eigenvalue weighted by molar-refractivity contribution is 0.0755. The predicted molar refractivity (Wildman–Crippen MR) is 183 cm³/mol. The molecule has 2 amide bonds. The molecule has 0 saturated heterocycles. The zero-order valence-corrected chi connectivity index (χ0v) is 29.2. The van der Waals surface area contributed by atoms with Crippen molar-refractivity contribution in [3.8, 4) is 0 Å². The standard InChI is InChI=1S/C36H48F2N4O5S/c1-6-13-42(14-7-2)36(45)29-19-28(20-32(21-29)48(46,47)41(5)9-4)35(44)40-33(18-27-16-30(37)22-31(38)17-27)34(43)24-39-23-26-12-10-11-25(8-3)15-26/h10-12,15-17,19-22,33-34,39,43H,6-9,13-14,18,23-24H2,1-5H3,(H,40,44)/t33-,34+/m0/s1. The van der Waals surface area contributed by atoms with E-state index < -0.39 is 45.6 Å². The van der Waals surface area contributed by atoms with Gasteiger partial charge in [0.2, 0.25) is 10.0 Å². The van der Waals surface area contributed by atoms with Crippen molar-refractivity contribution in [2.75, 3.05) is 33.2 Å². The average molecular weight is 687 g/mol. The largest absolute Gasteiger partial charge is 0.390 e. The molecular formula is C36H48F2N4O5S. The van der Waals surface area contributed by atoms with Gasteiger partial charge in [-0.05, 0) is 72.7 Å². The number of sulfonamides is 1. The van der Waals surface area contributed by atoms with Crippen LogP contribution in [0.15, 0.2) is 65.6 Å². The highest BCUT2D eigenvalue weighted by Crippen LogP contribution is 2.21. The minimum Gasteiger partial charge on any atom is -0.390 e. The first kappa shape index (κ1) is 38.7. The molecule has 3 aromatic carbocycles. The highest BCUT2D eigenvalue weighted by atomic mass is 32.2. The molecular weight excluding hydrogens is 638 g/mol. The Bertz CT molecular complexity index is 1630. The lowest BCUT2D eigenvalue weighted by Gasteiger charge is -2.26. The number of hydrogen-bond acceptors (Lipinski definition) is 6. The van der Waals surface area contributed by atoms with E-state index in [1.807, 2.05) is 38.1 Å². The topological polar surface area (TPSA) is 119 Å². The second-order valence-corrected chi connectivity index (χ2v) is 13.9. The van der Waals surface area contributed by atoms with Crippen molar-refractivity contribution in [3.63, 3.8) is 0 Å². The first-order valence-corrected chi connectivity index (χ1v) is 17.9. The monoisotopic (exact) mass is 686 g/mol. The molecule has 0 heterocycles. The van der Waals surface area contributed by atoms with Gasteiger partial charge in [-0.25, -0.2) is 21.5 Å². The molecule has 12 heteroatoms. The van der Waals surface area contributed by atoms with Gasteiger partial charge in [-0.2, -0.15) is 0 Å². The van der Waals surface area contributed by atoms with Gasteiger partial charge in [0.15, 0.2) is 0 Å². The Morgan fingerprint density at radius 1 is 0.854 bits per heavy atom. The van der Waals surface area contributed by atoms with Crippen molar-refractivity contribution in [1.82, 2.24) is 19.8 Å². The molecule has 48 heavy (non-hydrogen) atoms. The SMILES string of the molecule is CCCN(CCC)C(=O)c1cc(C(=O)N[C@@H](Cc2cc(F)cc(F)c2)[C@H](O)CNCc2cccc(CC)c2)cc(S(=O)(=O)N(C)CC)c1. The highest BCUT2D eigenvalue weighted by molar-refractivity contribution is 7.89. The number of carbonyl (C=O) groups excluding carboxylic acids is 2. The summed E-state index contributed by atoms with van der Waals surface area (Å²) in [5, 5.41) is 17.2. The van der Waals surface area contributed by atoms with Crippen molar-refractivity contribution < 1.29 is 31.9 Å². The fourth-order valence-electron chi connectivity index (χ4n) is 5.37. The van der Waals surface area contributed by atoms with Crippen molar-refractivity contribution in [2.45, 2.75) is 77.0 Å². The maximum atomic E-state index is 14.1. The minimum absolute atomic E-state index is 0.0293. The third-order valence-corrected chi connectivity index (χ3v) is 9.99. The van der Waals surface area contributed by atoms with Crippen molar-refractivity contribution in [3.05, 3.63) is 100 Å². The molecule has 0 aliphatic carbocycles. The molecule has 9 nitrogen and oxygen atoms in total. The van der Waals surface area contributed by atoms with Crippen LogP contribution in [0.3, 0.4) is 0 Å². The zero-order chi connectivity index (χ0) is 35.4. The molecule has 0 unspecified atom stereocenters. The first-order valence-electron chi connectivity index (χ1n) is 16.5. The number of carbonyl (C=O) groups is 2. The molecule has 2 atom stereocenters. The molecule has 0 aliphatic rings. The second kappa shape index (κ2) is 18.2. The van der Waals surface area contributed by atoms with E-state index in [1.165, 1.54) is 25.2 Å². The number of benzene rings is 3. The fraction of sp³-hybridized carbons (Fsp3) is 0.444. The number of aliphatic hydroxyl groups excluding tert-OH is 1. The molecule has 262 valence electrons. The summed E-state index contributed by atoms with van der Waals surface area (Å²) in [5.74, 6) is -2.77. The van der Waals surface area contributed by atoms with Gasteiger partial charge in [-0.3, -0.25) is 9.59 Å². The van der Waals surface area contributed by atoms with E-state index in [0.717, 1.165) is 40.1 Å². The van der Waals surface area contributed by atoms with Gasteiger partial charge in [-0.1, -0.05) is 52.0 Å². The molecule has 0 fully saturated rings. The molecule has 3 N–H and O–H groups in total. The van der Waals surface area contributed by atoms with Crippen LogP contribution in [0.5, 0.6) is 0 Å². The summed E-state index contributed by atoms with van der Waals surface area (Å²) >= 11 is 0. The van der Waals surface area contributed by atoms with Crippen LogP contribution in [-0.4, -0.2) is 79.9 Å². The maximum absolute atomic E-state index is 14.1. The van der Waals surface area contributed by atoms with E-state index >= 15 is 0 Å². The Morgan fingerprint density at radius 2 is 1.48 bits per heavy atom. The summed E-state index contributed by atoms with van der Waals surface area (Å²) in [4.78, 5) is 28.8. The minimum atomic E-state index is -4.06. The molecule has 0 saturated carbocycles. The van der Waals surface area contributed by atoms with Crippen LogP contribution in [0, 0.1) is 11.6 Å². The second-order valence-electron chi connectivity index (χ2n) is 11.9. The number of hydrogen-bond donors (Lipinski definition) is 3. The van der Waals surface area contributed by atoms with Gasteiger partial charge in [0.25, 0.3) is 11.8 Å². The van der Waals surface area contributed by atoms with Gasteiger partial charge in [0.05, 0.1) is 17.0 Å². The normalized spacial score (nSPS) is 12.9. The Balaban J connectivity index is 1.97. The summed E-state index contributed by atoms with van der Waals surface area (Å²) < 4.78 is 56.1. The summed E-state index contributed by atoms with van der Waals surface area (Å²) in [6.45, 7) is 9.11. The Hall–Kier alpha value is -3.71. The van der Waals surface area contributed by atoms with Crippen molar-refractivity contribution in [1.29, 1.82) is 0 Å². The Kier molecular flexibility index (Phi) is 14.7. The molecule has 0 bridgehead atoms. The maximum Gasteiger partial charge on any atom is 0.253 e. The third-order valence-electron chi connectivity index (χ3n) is 8.08. The number of nitrogens with zero attached hydrogens (tertiary/aromatic N) is 2. The summed E-state index contributed by atoms with van der Waals surface area (Å²) in [6.07, 6.45) is 0.909. The lowest BCUT2D eigenvalue weighted by atomic mass is 9.99. The van der Waals surface area contributed by atoms with Crippen LogP contribution < -0.4 is 10.6 Å². The van der Waals surface area contributed by atoms with Crippen molar-refractivity contribution in [2.24, 2.45) is 0 Å². The number of aryl methyl sites for hydroxylation is 1. The zero-order valence-electron chi connectivity index (χ0n) is 28.4. The predicted octanol–water partition coefficient (Wildman–Crippen LogP) is 4.92. The van der Waals surface area contributed by atoms with E-state index in [9.17, 15) is 31.9 Å². The van der Waals surface area contributed by atoms with Crippen LogP contribution in [0.25, 0.3) is 0 Å². The number of rotatable bonds is 18. The van der Waals surface area contributed by atoms with Gasteiger partial charge < -0.3 is 20.6 Å².